The van der Waals surface area contributed by atoms with Gasteiger partial charge in [0.25, 0.3) is 0 Å². The number of unbranched alkanes of at least 4 members (excludes halogenated alkanes) is 3. The fourth-order valence-corrected chi connectivity index (χ4v) is 2.17. The molecule has 0 aliphatic heterocycles. The van der Waals surface area contributed by atoms with Crippen LogP contribution in [0.4, 0.5) is 0 Å². The molecule has 0 aliphatic carbocycles. The summed E-state index contributed by atoms with van der Waals surface area (Å²) >= 11 is 0. The number of guanidine groups is 1. The molecule has 21 heavy (non-hydrogen) atoms. The van der Waals surface area contributed by atoms with Crippen molar-refractivity contribution in [3.63, 3.8) is 0 Å². The number of benzene rings is 1. The molecule has 0 heterocycles. The highest BCUT2D eigenvalue weighted by atomic mass is 16.5. The normalized spacial score (nSPS) is 13.0. The van der Waals surface area contributed by atoms with Crippen molar-refractivity contribution >= 4 is 5.96 Å². The summed E-state index contributed by atoms with van der Waals surface area (Å²) in [6, 6.07) is 10.2. The molecule has 4 heteroatoms. The Hall–Kier alpha value is -1.55. The summed E-state index contributed by atoms with van der Waals surface area (Å²) in [6.07, 6.45) is 5.05. The molecule has 0 fully saturated rings. The zero-order chi connectivity index (χ0) is 15.3. The molecule has 4 nitrogen and oxygen atoms in total. The second-order valence-electron chi connectivity index (χ2n) is 5.08. The smallest absolute Gasteiger partial charge is 0.191 e. The summed E-state index contributed by atoms with van der Waals surface area (Å²) in [4.78, 5) is 4.24. The van der Waals surface area contributed by atoms with Crippen LogP contribution in [0.15, 0.2) is 35.3 Å². The number of rotatable bonds is 9. The molecule has 0 aliphatic rings. The van der Waals surface area contributed by atoms with Gasteiger partial charge in [-0.3, -0.25) is 4.99 Å². The Morgan fingerprint density at radius 1 is 1.14 bits per heavy atom. The number of ether oxygens (including phenoxy) is 1. The highest BCUT2D eigenvalue weighted by molar-refractivity contribution is 5.79. The van der Waals surface area contributed by atoms with E-state index in [0.717, 1.165) is 12.5 Å². The van der Waals surface area contributed by atoms with Gasteiger partial charge < -0.3 is 15.4 Å². The average Bonchev–Trinajstić information content (AvgIpc) is 2.54. The van der Waals surface area contributed by atoms with E-state index >= 15 is 0 Å². The van der Waals surface area contributed by atoms with Gasteiger partial charge in [0.15, 0.2) is 5.96 Å². The summed E-state index contributed by atoms with van der Waals surface area (Å²) in [7, 11) is 3.53. The number of aliphatic imine (C=N–C) groups is 1. The van der Waals surface area contributed by atoms with Crippen LogP contribution < -0.4 is 10.6 Å². The van der Waals surface area contributed by atoms with Gasteiger partial charge in [-0.2, -0.15) is 0 Å². The number of methoxy groups -OCH3 is 1. The van der Waals surface area contributed by atoms with Crippen molar-refractivity contribution in [2.24, 2.45) is 4.99 Å². The maximum atomic E-state index is 5.54. The molecular weight excluding hydrogens is 262 g/mol. The second-order valence-corrected chi connectivity index (χ2v) is 5.08. The van der Waals surface area contributed by atoms with E-state index in [0.29, 0.717) is 6.54 Å². The fraction of sp³-hybridized carbons (Fsp3) is 0.588. The van der Waals surface area contributed by atoms with E-state index in [1.165, 1.54) is 31.2 Å². The predicted octanol–water partition coefficient (Wildman–Crippen LogP) is 3.12. The van der Waals surface area contributed by atoms with Crippen LogP contribution in [0.1, 0.15) is 44.3 Å². The first-order chi connectivity index (χ1) is 10.3. The molecule has 0 spiro atoms. The Morgan fingerprint density at radius 2 is 1.90 bits per heavy atom. The minimum absolute atomic E-state index is 0.0323. The van der Waals surface area contributed by atoms with Crippen molar-refractivity contribution in [2.45, 2.75) is 38.7 Å². The predicted molar refractivity (Wildman–Crippen MR) is 89.7 cm³/mol. The lowest BCUT2D eigenvalue weighted by Crippen LogP contribution is -2.40. The second kappa shape index (κ2) is 11.1. The van der Waals surface area contributed by atoms with Gasteiger partial charge in [0.05, 0.1) is 6.10 Å². The van der Waals surface area contributed by atoms with Crippen LogP contribution >= 0.6 is 0 Å². The Morgan fingerprint density at radius 3 is 2.52 bits per heavy atom. The molecule has 0 saturated heterocycles. The molecular formula is C17H29N3O. The topological polar surface area (TPSA) is 45.7 Å². The highest BCUT2D eigenvalue weighted by Gasteiger charge is 2.10. The van der Waals surface area contributed by atoms with Crippen molar-refractivity contribution in [1.82, 2.24) is 10.6 Å². The molecule has 1 unspecified atom stereocenters. The van der Waals surface area contributed by atoms with Gasteiger partial charge in [0, 0.05) is 27.2 Å². The van der Waals surface area contributed by atoms with Gasteiger partial charge in [0.2, 0.25) is 0 Å². The minimum Gasteiger partial charge on any atom is -0.375 e. The molecule has 0 aromatic heterocycles. The number of hydrogen-bond donors (Lipinski definition) is 2. The number of hydrogen-bond acceptors (Lipinski definition) is 2. The van der Waals surface area contributed by atoms with E-state index in [9.17, 15) is 0 Å². The summed E-state index contributed by atoms with van der Waals surface area (Å²) in [6.45, 7) is 3.89. The standard InChI is InChI=1S/C17H29N3O/c1-4-5-6-10-13-19-17(18-2)20-14-16(21-3)15-11-8-7-9-12-15/h7-9,11-12,16H,4-6,10,13-14H2,1-3H3,(H2,18,19,20). The maximum Gasteiger partial charge on any atom is 0.191 e. The van der Waals surface area contributed by atoms with Crippen molar-refractivity contribution in [2.75, 3.05) is 27.2 Å². The van der Waals surface area contributed by atoms with E-state index in [2.05, 4.69) is 34.7 Å². The summed E-state index contributed by atoms with van der Waals surface area (Å²) in [5, 5.41) is 6.67. The molecule has 1 rings (SSSR count). The third-order valence-corrected chi connectivity index (χ3v) is 3.46. The maximum absolute atomic E-state index is 5.54. The first kappa shape index (κ1) is 17.5. The lowest BCUT2D eigenvalue weighted by atomic mass is 10.1. The monoisotopic (exact) mass is 291 g/mol. The minimum atomic E-state index is 0.0323. The van der Waals surface area contributed by atoms with Crippen LogP contribution in [0, 0.1) is 0 Å². The molecule has 2 N–H and O–H groups in total. The zero-order valence-electron chi connectivity index (χ0n) is 13.6. The molecule has 1 atom stereocenters. The Balaban J connectivity index is 2.33. The van der Waals surface area contributed by atoms with Crippen molar-refractivity contribution in [1.29, 1.82) is 0 Å². The van der Waals surface area contributed by atoms with Gasteiger partial charge >= 0.3 is 0 Å². The number of nitrogens with zero attached hydrogens (tertiary/aromatic N) is 1. The van der Waals surface area contributed by atoms with Gasteiger partial charge in [-0.15, -0.1) is 0 Å². The van der Waals surface area contributed by atoms with E-state index in [4.69, 9.17) is 4.74 Å². The van der Waals surface area contributed by atoms with Gasteiger partial charge in [-0.05, 0) is 12.0 Å². The number of nitrogens with one attached hydrogen (secondary N) is 2. The SMILES string of the molecule is CCCCCCNC(=NC)NCC(OC)c1ccccc1. The Kier molecular flexibility index (Phi) is 9.29. The third kappa shape index (κ3) is 7.14. The van der Waals surface area contributed by atoms with Gasteiger partial charge in [-0.25, -0.2) is 0 Å². The first-order valence-electron chi connectivity index (χ1n) is 7.84. The fourth-order valence-electron chi connectivity index (χ4n) is 2.17. The van der Waals surface area contributed by atoms with Crippen LogP contribution in [-0.2, 0) is 4.74 Å². The molecule has 0 saturated carbocycles. The third-order valence-electron chi connectivity index (χ3n) is 3.46. The largest absolute Gasteiger partial charge is 0.375 e. The van der Waals surface area contributed by atoms with Crippen molar-refractivity contribution < 1.29 is 4.74 Å². The van der Waals surface area contributed by atoms with Crippen LogP contribution in [0.3, 0.4) is 0 Å². The highest BCUT2D eigenvalue weighted by Crippen LogP contribution is 2.14. The Labute approximate surface area is 129 Å². The Bertz CT molecular complexity index is 392. The van der Waals surface area contributed by atoms with Crippen molar-refractivity contribution in [3.8, 4) is 0 Å². The van der Waals surface area contributed by atoms with Crippen LogP contribution in [0.25, 0.3) is 0 Å². The van der Waals surface area contributed by atoms with Crippen LogP contribution in [0.2, 0.25) is 0 Å². The van der Waals surface area contributed by atoms with Crippen LogP contribution in [0.5, 0.6) is 0 Å². The van der Waals surface area contributed by atoms with E-state index in [-0.39, 0.29) is 6.10 Å². The molecule has 0 radical (unpaired) electrons. The summed E-state index contributed by atoms with van der Waals surface area (Å²) < 4.78 is 5.54. The summed E-state index contributed by atoms with van der Waals surface area (Å²) in [5.41, 5.74) is 1.17. The van der Waals surface area contributed by atoms with Gasteiger partial charge in [-0.1, -0.05) is 56.5 Å². The van der Waals surface area contributed by atoms with Gasteiger partial charge in [0.1, 0.15) is 0 Å². The molecule has 0 amide bonds. The summed E-state index contributed by atoms with van der Waals surface area (Å²) in [5.74, 6) is 0.837. The van der Waals surface area contributed by atoms with Crippen molar-refractivity contribution in [3.05, 3.63) is 35.9 Å². The van der Waals surface area contributed by atoms with E-state index in [1.807, 2.05) is 18.2 Å². The molecule has 1 aromatic rings. The lowest BCUT2D eigenvalue weighted by Gasteiger charge is -2.18. The lowest BCUT2D eigenvalue weighted by molar-refractivity contribution is 0.106. The quantitative estimate of drug-likeness (QED) is 0.417. The molecule has 1 aromatic carbocycles. The molecule has 0 bridgehead atoms. The van der Waals surface area contributed by atoms with E-state index in [1.54, 1.807) is 14.2 Å². The average molecular weight is 291 g/mol. The zero-order valence-corrected chi connectivity index (χ0v) is 13.6. The molecule has 118 valence electrons. The van der Waals surface area contributed by atoms with E-state index < -0.39 is 0 Å². The first-order valence-corrected chi connectivity index (χ1v) is 7.84. The van der Waals surface area contributed by atoms with Crippen LogP contribution in [-0.4, -0.2) is 33.2 Å².